The van der Waals surface area contributed by atoms with Crippen molar-refractivity contribution in [1.82, 2.24) is 9.97 Å². The van der Waals surface area contributed by atoms with E-state index in [9.17, 15) is 4.39 Å². The number of imidazole rings is 1. The average molecular weight is 270 g/mol. The van der Waals surface area contributed by atoms with Gasteiger partial charge >= 0.3 is 0 Å². The third kappa shape index (κ3) is 2.42. The molecule has 2 aromatic carbocycles. The van der Waals surface area contributed by atoms with E-state index in [1.54, 1.807) is 6.07 Å². The number of halogens is 1. The maximum atomic E-state index is 13.2. The molecule has 5 heteroatoms. The van der Waals surface area contributed by atoms with Crippen molar-refractivity contribution in [2.75, 3.05) is 17.7 Å². The van der Waals surface area contributed by atoms with Crippen molar-refractivity contribution in [2.24, 2.45) is 0 Å². The Balaban J connectivity index is 1.86. The highest BCUT2D eigenvalue weighted by Crippen LogP contribution is 2.20. The molecule has 1 aromatic heterocycles. The second-order valence-corrected chi connectivity index (χ2v) is 4.82. The van der Waals surface area contributed by atoms with Gasteiger partial charge in [0.1, 0.15) is 5.82 Å². The first-order valence-electron chi connectivity index (χ1n) is 6.32. The topological polar surface area (TPSA) is 57.9 Å². The van der Waals surface area contributed by atoms with Gasteiger partial charge in [0.25, 0.3) is 0 Å². The molecule has 0 unspecified atom stereocenters. The van der Waals surface area contributed by atoms with E-state index in [2.05, 4.69) is 9.97 Å². The number of fused-ring (bicyclic) bond motifs is 1. The number of aromatic amines is 1. The highest BCUT2D eigenvalue weighted by Gasteiger charge is 2.08. The lowest BCUT2D eigenvalue weighted by molar-refractivity contribution is 0.625. The normalized spacial score (nSPS) is 10.9. The third-order valence-corrected chi connectivity index (χ3v) is 3.16. The zero-order valence-corrected chi connectivity index (χ0v) is 11.1. The summed E-state index contributed by atoms with van der Waals surface area (Å²) in [6.07, 6.45) is 0. The van der Waals surface area contributed by atoms with Crippen LogP contribution in [0, 0.1) is 5.82 Å². The molecule has 0 atom stereocenters. The summed E-state index contributed by atoms with van der Waals surface area (Å²) < 4.78 is 13.2. The fourth-order valence-corrected chi connectivity index (χ4v) is 2.18. The number of H-pyrrole nitrogens is 1. The minimum absolute atomic E-state index is 0.228. The molecule has 4 nitrogen and oxygen atoms in total. The monoisotopic (exact) mass is 270 g/mol. The van der Waals surface area contributed by atoms with E-state index >= 15 is 0 Å². The van der Waals surface area contributed by atoms with Crippen LogP contribution in [-0.2, 0) is 6.54 Å². The number of rotatable bonds is 3. The molecule has 0 bridgehead atoms. The molecule has 0 saturated carbocycles. The Morgan fingerprint density at radius 3 is 2.90 bits per heavy atom. The largest absolute Gasteiger partial charge is 0.399 e. The van der Waals surface area contributed by atoms with E-state index in [1.807, 2.05) is 36.2 Å². The number of nitrogens with one attached hydrogen (secondary N) is 1. The number of nitrogen functional groups attached to an aromatic ring is 1. The van der Waals surface area contributed by atoms with Crippen LogP contribution in [0.4, 0.5) is 16.0 Å². The molecule has 0 aliphatic carbocycles. The lowest BCUT2D eigenvalue weighted by Gasteiger charge is -2.15. The standard InChI is InChI=1S/C15H15FN4/c1-20(9-10-3-2-4-11(16)7-10)15-18-13-6-5-12(17)8-14(13)19-15/h2-8H,9,17H2,1H3,(H,18,19). The van der Waals surface area contributed by atoms with Gasteiger partial charge in [0.15, 0.2) is 0 Å². The highest BCUT2D eigenvalue weighted by atomic mass is 19.1. The summed E-state index contributed by atoms with van der Waals surface area (Å²) in [5.74, 6) is 0.503. The third-order valence-electron chi connectivity index (χ3n) is 3.16. The quantitative estimate of drug-likeness (QED) is 0.719. The molecular formula is C15H15FN4. The van der Waals surface area contributed by atoms with Gasteiger partial charge < -0.3 is 15.6 Å². The second-order valence-electron chi connectivity index (χ2n) is 4.82. The van der Waals surface area contributed by atoms with Crippen LogP contribution in [0.3, 0.4) is 0 Å². The molecule has 0 radical (unpaired) electrons. The molecule has 0 aliphatic rings. The SMILES string of the molecule is CN(Cc1cccc(F)c1)c1nc2ccc(N)cc2[nH]1. The number of benzene rings is 2. The van der Waals surface area contributed by atoms with Gasteiger partial charge in [0.2, 0.25) is 5.95 Å². The zero-order valence-electron chi connectivity index (χ0n) is 11.1. The number of hydrogen-bond acceptors (Lipinski definition) is 3. The summed E-state index contributed by atoms with van der Waals surface area (Å²) in [6.45, 7) is 0.576. The number of nitrogens with two attached hydrogens (primary N) is 1. The molecule has 0 fully saturated rings. The van der Waals surface area contributed by atoms with Gasteiger partial charge in [-0.25, -0.2) is 9.37 Å². The maximum Gasteiger partial charge on any atom is 0.203 e. The molecule has 0 saturated heterocycles. The molecule has 20 heavy (non-hydrogen) atoms. The molecule has 0 amide bonds. The van der Waals surface area contributed by atoms with Crippen LogP contribution < -0.4 is 10.6 Å². The summed E-state index contributed by atoms with van der Waals surface area (Å²) in [6, 6.07) is 12.1. The first kappa shape index (κ1) is 12.5. The van der Waals surface area contributed by atoms with Crippen molar-refractivity contribution in [3.05, 3.63) is 53.8 Å². The van der Waals surface area contributed by atoms with E-state index in [4.69, 9.17) is 5.73 Å². The number of nitrogens with zero attached hydrogens (tertiary/aromatic N) is 2. The summed E-state index contributed by atoms with van der Waals surface area (Å²) in [7, 11) is 1.91. The van der Waals surface area contributed by atoms with E-state index < -0.39 is 0 Å². The van der Waals surface area contributed by atoms with Crippen LogP contribution in [-0.4, -0.2) is 17.0 Å². The van der Waals surface area contributed by atoms with Crippen molar-refractivity contribution in [3.8, 4) is 0 Å². The van der Waals surface area contributed by atoms with Gasteiger partial charge in [-0.3, -0.25) is 0 Å². The van der Waals surface area contributed by atoms with Crippen molar-refractivity contribution in [1.29, 1.82) is 0 Å². The van der Waals surface area contributed by atoms with E-state index in [0.29, 0.717) is 12.2 Å². The molecule has 0 spiro atoms. The fourth-order valence-electron chi connectivity index (χ4n) is 2.18. The molecule has 102 valence electrons. The molecule has 3 N–H and O–H groups in total. The van der Waals surface area contributed by atoms with Crippen molar-refractivity contribution in [3.63, 3.8) is 0 Å². The maximum absolute atomic E-state index is 13.2. The van der Waals surface area contributed by atoms with Crippen LogP contribution in [0.1, 0.15) is 5.56 Å². The Morgan fingerprint density at radius 1 is 1.25 bits per heavy atom. The van der Waals surface area contributed by atoms with E-state index in [0.717, 1.165) is 22.5 Å². The Kier molecular flexibility index (Phi) is 3.02. The van der Waals surface area contributed by atoms with Gasteiger partial charge in [0.05, 0.1) is 11.0 Å². The van der Waals surface area contributed by atoms with Gasteiger partial charge in [0, 0.05) is 19.3 Å². The smallest absolute Gasteiger partial charge is 0.203 e. The molecule has 3 rings (SSSR count). The summed E-state index contributed by atoms with van der Waals surface area (Å²) in [5.41, 5.74) is 9.09. The van der Waals surface area contributed by atoms with Gasteiger partial charge in [-0.05, 0) is 35.9 Å². The Labute approximate surface area is 116 Å². The predicted molar refractivity (Wildman–Crippen MR) is 79.0 cm³/mol. The lowest BCUT2D eigenvalue weighted by atomic mass is 10.2. The van der Waals surface area contributed by atoms with Crippen molar-refractivity contribution in [2.45, 2.75) is 6.54 Å². The summed E-state index contributed by atoms with van der Waals surface area (Å²) in [5, 5.41) is 0. The highest BCUT2D eigenvalue weighted by molar-refractivity contribution is 5.80. The number of anilines is 2. The minimum atomic E-state index is -0.228. The van der Waals surface area contributed by atoms with Crippen LogP contribution in [0.25, 0.3) is 11.0 Å². The molecule has 1 heterocycles. The average Bonchev–Trinajstić information content (AvgIpc) is 2.81. The van der Waals surface area contributed by atoms with Crippen molar-refractivity contribution >= 4 is 22.7 Å². The van der Waals surface area contributed by atoms with Gasteiger partial charge in [-0.2, -0.15) is 0 Å². The Hall–Kier alpha value is -2.56. The van der Waals surface area contributed by atoms with E-state index in [-0.39, 0.29) is 5.82 Å². The number of hydrogen-bond donors (Lipinski definition) is 2. The molecule has 0 aliphatic heterocycles. The molecule has 3 aromatic rings. The second kappa shape index (κ2) is 4.85. The van der Waals surface area contributed by atoms with Gasteiger partial charge in [-0.15, -0.1) is 0 Å². The summed E-state index contributed by atoms with van der Waals surface area (Å²) in [4.78, 5) is 9.64. The summed E-state index contributed by atoms with van der Waals surface area (Å²) >= 11 is 0. The van der Waals surface area contributed by atoms with E-state index in [1.165, 1.54) is 12.1 Å². The van der Waals surface area contributed by atoms with Crippen LogP contribution in [0.5, 0.6) is 0 Å². The fraction of sp³-hybridized carbons (Fsp3) is 0.133. The van der Waals surface area contributed by atoms with Gasteiger partial charge in [-0.1, -0.05) is 12.1 Å². The first-order chi connectivity index (χ1) is 9.61. The van der Waals surface area contributed by atoms with Crippen molar-refractivity contribution < 1.29 is 4.39 Å². The lowest BCUT2D eigenvalue weighted by Crippen LogP contribution is -2.17. The van der Waals surface area contributed by atoms with Crippen LogP contribution >= 0.6 is 0 Å². The minimum Gasteiger partial charge on any atom is -0.399 e. The van der Waals surface area contributed by atoms with Crippen LogP contribution in [0.15, 0.2) is 42.5 Å². The van der Waals surface area contributed by atoms with Crippen LogP contribution in [0.2, 0.25) is 0 Å². The first-order valence-corrected chi connectivity index (χ1v) is 6.32. The predicted octanol–water partition coefficient (Wildman–Crippen LogP) is 2.92. The Bertz CT molecular complexity index is 750. The molecular weight excluding hydrogens is 255 g/mol. The Morgan fingerprint density at radius 2 is 2.10 bits per heavy atom. The number of aromatic nitrogens is 2. The zero-order chi connectivity index (χ0) is 14.1.